The normalized spacial score (nSPS) is 10.8. The van der Waals surface area contributed by atoms with Crippen LogP contribution >= 0.6 is 0 Å². The second-order valence-electron chi connectivity index (χ2n) is 20.9. The van der Waals surface area contributed by atoms with Crippen LogP contribution in [0.4, 0.5) is 5.69 Å². The maximum Gasteiger partial charge on any atom is 0.347 e. The van der Waals surface area contributed by atoms with Gasteiger partial charge < -0.3 is 33.7 Å². The van der Waals surface area contributed by atoms with Crippen molar-refractivity contribution < 1.29 is 47.6 Å². The van der Waals surface area contributed by atoms with Crippen molar-refractivity contribution in [3.05, 3.63) is 137 Å². The molecule has 0 fully saturated rings. The summed E-state index contributed by atoms with van der Waals surface area (Å²) < 4.78 is 37.0. The number of rotatable bonds is 41. The van der Waals surface area contributed by atoms with Gasteiger partial charge in [-0.3, -0.25) is 4.79 Å². The maximum atomic E-state index is 14.6. The summed E-state index contributed by atoms with van der Waals surface area (Å²) in [5.74, 6) is -4.29. The van der Waals surface area contributed by atoms with Crippen LogP contribution in [0, 0.1) is 22.7 Å². The quantitative estimate of drug-likeness (QED) is 0.0222. The molecule has 0 bridgehead atoms. The number of nitrogens with zero attached hydrogens (tertiary/aromatic N) is 2. The molecule has 0 aliphatic heterocycles. The molecule has 5 aromatic rings. The summed E-state index contributed by atoms with van der Waals surface area (Å²) in [4.78, 5) is 58.2. The molecule has 438 valence electrons. The third kappa shape index (κ3) is 22.7. The Balaban J connectivity index is 1.49. The number of unbranched alkanes of at least 4 members (excludes halogenated alkanes) is 24. The average molecular weight is 1120 g/mol. The Labute approximate surface area is 488 Å². The molecule has 0 aliphatic carbocycles. The van der Waals surface area contributed by atoms with Crippen LogP contribution in [0.15, 0.2) is 103 Å². The number of carbonyl (C=O) groups is 4. The summed E-state index contributed by atoms with van der Waals surface area (Å²) in [6.07, 6.45) is 30.4. The molecule has 0 radical (unpaired) electrons. The SMILES string of the molecule is CCCCCCCCCCCOc1ccccc1C(=O)Oc1cc(C(=O)Nc2cccc(C#N)c2C#N)cc(OC(=O)c2ccccc2OCCCCCCCCCCC)c1OC(=O)c1ccccc1OCCCCCCCCCCC. The van der Waals surface area contributed by atoms with Crippen LogP contribution < -0.4 is 33.7 Å². The molecule has 13 heteroatoms. The number of amides is 1. The van der Waals surface area contributed by atoms with Gasteiger partial charge in [0.25, 0.3) is 5.91 Å². The standard InChI is InChI=1S/C69H87N3O10/c1-4-7-10-13-16-19-22-25-34-46-77-60-43-31-28-39-55(60)67(74)80-63-49-54(66(73)72-59-42-37-38-53(51-70)58(59)52-71)50-64(81-68(75)56-40-29-32-44-61(56)78-47-35-26-23-20-17-14-11-8-5-2)65(63)82-69(76)57-41-30-33-45-62(57)79-48-36-27-24-21-18-15-12-9-6-3/h28-33,37-45,49-50H,4-27,34-36,46-48H2,1-3H3,(H,72,73). The molecule has 5 rings (SSSR count). The summed E-state index contributed by atoms with van der Waals surface area (Å²) in [6, 6.07) is 30.5. The molecule has 0 atom stereocenters. The molecule has 0 unspecified atom stereocenters. The topological polar surface area (TPSA) is 183 Å². The Bertz CT molecular complexity index is 2730. The van der Waals surface area contributed by atoms with Crippen molar-refractivity contribution in [1.29, 1.82) is 10.5 Å². The number of para-hydroxylation sites is 3. The number of anilines is 1. The Morgan fingerprint density at radius 1 is 0.390 bits per heavy atom. The number of benzene rings is 5. The van der Waals surface area contributed by atoms with Gasteiger partial charge in [0.05, 0.1) is 36.6 Å². The molecule has 0 heterocycles. The fourth-order valence-corrected chi connectivity index (χ4v) is 9.55. The van der Waals surface area contributed by atoms with E-state index in [1.165, 1.54) is 145 Å². The summed E-state index contributed by atoms with van der Waals surface area (Å²) in [7, 11) is 0. The van der Waals surface area contributed by atoms with E-state index in [0.717, 1.165) is 77.0 Å². The summed E-state index contributed by atoms with van der Waals surface area (Å²) in [6.45, 7) is 7.68. The predicted molar refractivity (Wildman–Crippen MR) is 323 cm³/mol. The van der Waals surface area contributed by atoms with Gasteiger partial charge in [0.15, 0.2) is 11.5 Å². The molecule has 5 aromatic carbocycles. The van der Waals surface area contributed by atoms with Gasteiger partial charge in [-0.15, -0.1) is 0 Å². The monoisotopic (exact) mass is 1120 g/mol. The lowest BCUT2D eigenvalue weighted by Gasteiger charge is -2.18. The summed E-state index contributed by atoms with van der Waals surface area (Å²) >= 11 is 0. The van der Waals surface area contributed by atoms with Gasteiger partial charge in [0, 0.05) is 5.56 Å². The number of hydrogen-bond donors (Lipinski definition) is 1. The van der Waals surface area contributed by atoms with Crippen LogP contribution in [-0.2, 0) is 0 Å². The Hall–Kier alpha value is -7.64. The molecule has 0 spiro atoms. The van der Waals surface area contributed by atoms with Gasteiger partial charge in [-0.2, -0.15) is 10.5 Å². The van der Waals surface area contributed by atoms with E-state index in [9.17, 15) is 29.7 Å². The van der Waals surface area contributed by atoms with Crippen molar-refractivity contribution in [2.75, 3.05) is 25.1 Å². The molecular weight excluding hydrogens is 1030 g/mol. The Morgan fingerprint density at radius 3 is 1.09 bits per heavy atom. The molecule has 1 amide bonds. The number of carbonyl (C=O) groups excluding carboxylic acids is 4. The lowest BCUT2D eigenvalue weighted by molar-refractivity contribution is 0.0651. The number of esters is 3. The smallest absolute Gasteiger partial charge is 0.347 e. The van der Waals surface area contributed by atoms with E-state index >= 15 is 0 Å². The van der Waals surface area contributed by atoms with E-state index in [0.29, 0.717) is 19.8 Å². The van der Waals surface area contributed by atoms with Crippen LogP contribution in [0.5, 0.6) is 34.5 Å². The van der Waals surface area contributed by atoms with Gasteiger partial charge in [-0.05, 0) is 79.9 Å². The van der Waals surface area contributed by atoms with Crippen molar-refractivity contribution >= 4 is 29.5 Å². The molecule has 0 saturated heterocycles. The van der Waals surface area contributed by atoms with Crippen LogP contribution in [0.3, 0.4) is 0 Å². The van der Waals surface area contributed by atoms with Gasteiger partial charge in [-0.1, -0.05) is 217 Å². The van der Waals surface area contributed by atoms with Crippen molar-refractivity contribution in [3.63, 3.8) is 0 Å². The van der Waals surface area contributed by atoms with E-state index < -0.39 is 41.1 Å². The highest BCUT2D eigenvalue weighted by Crippen LogP contribution is 2.42. The summed E-state index contributed by atoms with van der Waals surface area (Å²) in [5, 5.41) is 22.5. The average Bonchev–Trinajstić information content (AvgIpc) is 3.53. The van der Waals surface area contributed by atoms with E-state index in [2.05, 4.69) is 26.1 Å². The molecule has 82 heavy (non-hydrogen) atoms. The van der Waals surface area contributed by atoms with Gasteiger partial charge >= 0.3 is 17.9 Å². The first-order valence-electron chi connectivity index (χ1n) is 30.5. The van der Waals surface area contributed by atoms with E-state index in [1.54, 1.807) is 54.6 Å². The first kappa shape index (κ1) is 65.2. The van der Waals surface area contributed by atoms with Crippen LogP contribution in [0.25, 0.3) is 0 Å². The Morgan fingerprint density at radius 2 is 0.732 bits per heavy atom. The number of ether oxygens (including phenoxy) is 6. The van der Waals surface area contributed by atoms with E-state index in [1.807, 2.05) is 12.1 Å². The van der Waals surface area contributed by atoms with Gasteiger partial charge in [0.2, 0.25) is 5.75 Å². The third-order valence-electron chi connectivity index (χ3n) is 14.3. The van der Waals surface area contributed by atoms with Crippen LogP contribution in [0.2, 0.25) is 0 Å². The summed E-state index contributed by atoms with van der Waals surface area (Å²) in [5.41, 5.74) is -0.128. The largest absolute Gasteiger partial charge is 0.493 e. The number of hydrogen-bond acceptors (Lipinski definition) is 12. The lowest BCUT2D eigenvalue weighted by atomic mass is 10.1. The molecule has 0 aliphatic rings. The van der Waals surface area contributed by atoms with Crippen molar-refractivity contribution in [2.24, 2.45) is 0 Å². The molecule has 1 N–H and O–H groups in total. The minimum absolute atomic E-state index is 0.0225. The molecule has 13 nitrogen and oxygen atoms in total. The zero-order chi connectivity index (χ0) is 58.4. The highest BCUT2D eigenvalue weighted by Gasteiger charge is 2.29. The van der Waals surface area contributed by atoms with Crippen LogP contribution in [-0.4, -0.2) is 43.6 Å². The fourth-order valence-electron chi connectivity index (χ4n) is 9.55. The third-order valence-corrected chi connectivity index (χ3v) is 14.3. The molecule has 0 aromatic heterocycles. The highest BCUT2D eigenvalue weighted by atomic mass is 16.6. The molecular formula is C69H87N3O10. The Kier molecular flexibility index (Phi) is 30.9. The second kappa shape index (κ2) is 38.9. The van der Waals surface area contributed by atoms with Gasteiger partial charge in [-0.25, -0.2) is 14.4 Å². The first-order chi connectivity index (χ1) is 40.2. The zero-order valence-corrected chi connectivity index (χ0v) is 49.0. The fraction of sp³-hybridized carbons (Fsp3) is 0.478. The second-order valence-corrected chi connectivity index (χ2v) is 20.9. The zero-order valence-electron chi connectivity index (χ0n) is 49.0. The minimum atomic E-state index is -0.934. The lowest BCUT2D eigenvalue weighted by Crippen LogP contribution is -2.19. The van der Waals surface area contributed by atoms with E-state index in [4.69, 9.17) is 28.4 Å². The van der Waals surface area contributed by atoms with Crippen molar-refractivity contribution in [3.8, 4) is 46.6 Å². The number of nitrogens with one attached hydrogen (secondary N) is 1. The van der Waals surface area contributed by atoms with Crippen molar-refractivity contribution in [1.82, 2.24) is 0 Å². The van der Waals surface area contributed by atoms with Crippen molar-refractivity contribution in [2.45, 2.75) is 194 Å². The number of nitriles is 2. The predicted octanol–water partition coefficient (Wildman–Crippen LogP) is 18.1. The van der Waals surface area contributed by atoms with Gasteiger partial charge in [0.1, 0.15) is 46.1 Å². The van der Waals surface area contributed by atoms with Crippen LogP contribution in [0.1, 0.15) is 247 Å². The highest BCUT2D eigenvalue weighted by molar-refractivity contribution is 6.07. The first-order valence-corrected chi connectivity index (χ1v) is 30.5. The minimum Gasteiger partial charge on any atom is -0.493 e. The maximum absolute atomic E-state index is 14.6. The molecule has 0 saturated carbocycles. The van der Waals surface area contributed by atoms with E-state index in [-0.39, 0.29) is 56.3 Å².